The van der Waals surface area contributed by atoms with Gasteiger partial charge in [0.1, 0.15) is 23.3 Å². The Kier molecular flexibility index (Phi) is 5.95. The molecule has 0 radical (unpaired) electrons. The number of hydrogen-bond acceptors (Lipinski definition) is 5. The van der Waals surface area contributed by atoms with Crippen LogP contribution in [0.5, 0.6) is 17.2 Å². The molecular formula is C33H30N2O5. The minimum absolute atomic E-state index is 0.111. The van der Waals surface area contributed by atoms with Gasteiger partial charge < -0.3 is 14.8 Å². The van der Waals surface area contributed by atoms with Crippen LogP contribution < -0.4 is 14.8 Å². The van der Waals surface area contributed by atoms with Crippen LogP contribution in [0.25, 0.3) is 0 Å². The lowest BCUT2D eigenvalue weighted by atomic mass is 9.63. The number of imide groups is 1. The zero-order chi connectivity index (χ0) is 27.4. The van der Waals surface area contributed by atoms with Crippen LogP contribution in [-0.4, -0.2) is 35.8 Å². The monoisotopic (exact) mass is 534 g/mol. The van der Waals surface area contributed by atoms with E-state index in [9.17, 15) is 14.4 Å². The SMILES string of the molecule is COc1ccc(Oc2ccc(NC(=O)[C@@H](Cc3ccccc3)N3C(=O)[C@H]4[C@@H]5C=C[C@H]([C@@H]6C[C@H]56)[C@@H]4C3=O)cc2)cc1. The second-order valence-corrected chi connectivity index (χ2v) is 11.2. The second kappa shape index (κ2) is 9.66. The van der Waals surface area contributed by atoms with Crippen molar-refractivity contribution in [3.05, 3.63) is 96.6 Å². The Bertz CT molecular complexity index is 1450. The number of ether oxygens (including phenoxy) is 2. The van der Waals surface area contributed by atoms with Crippen LogP contribution in [0.2, 0.25) is 0 Å². The Morgan fingerprint density at radius 2 is 1.38 bits per heavy atom. The third-order valence-corrected chi connectivity index (χ3v) is 9.00. The number of rotatable bonds is 8. The lowest BCUT2D eigenvalue weighted by Gasteiger charge is -2.37. The van der Waals surface area contributed by atoms with E-state index in [2.05, 4.69) is 17.5 Å². The van der Waals surface area contributed by atoms with Crippen LogP contribution in [-0.2, 0) is 20.8 Å². The predicted molar refractivity (Wildman–Crippen MR) is 149 cm³/mol. The van der Waals surface area contributed by atoms with Gasteiger partial charge in [-0.1, -0.05) is 42.5 Å². The second-order valence-electron chi connectivity index (χ2n) is 11.2. The first-order chi connectivity index (χ1) is 19.5. The van der Waals surface area contributed by atoms with Crippen LogP contribution in [0.1, 0.15) is 12.0 Å². The molecule has 1 N–H and O–H groups in total. The van der Waals surface area contributed by atoms with E-state index in [1.807, 2.05) is 54.6 Å². The molecule has 7 nitrogen and oxygen atoms in total. The lowest BCUT2D eigenvalue weighted by Crippen LogP contribution is -2.49. The van der Waals surface area contributed by atoms with Crippen molar-refractivity contribution >= 4 is 23.4 Å². The first-order valence-electron chi connectivity index (χ1n) is 13.8. The van der Waals surface area contributed by atoms with Crippen LogP contribution in [0.15, 0.2) is 91.0 Å². The summed E-state index contributed by atoms with van der Waals surface area (Å²) < 4.78 is 11.1. The Labute approximate surface area is 232 Å². The Hall–Kier alpha value is -4.39. The number of nitrogens with zero attached hydrogens (tertiary/aromatic N) is 1. The summed E-state index contributed by atoms with van der Waals surface area (Å²) in [7, 11) is 1.61. The van der Waals surface area contributed by atoms with Gasteiger partial charge in [-0.3, -0.25) is 19.3 Å². The maximum absolute atomic E-state index is 13.8. The first-order valence-corrected chi connectivity index (χ1v) is 13.8. The van der Waals surface area contributed by atoms with Gasteiger partial charge in [0.15, 0.2) is 0 Å². The third kappa shape index (κ3) is 4.17. The molecule has 2 bridgehead atoms. The van der Waals surface area contributed by atoms with Crippen LogP contribution >= 0.6 is 0 Å². The average molecular weight is 535 g/mol. The van der Waals surface area contributed by atoms with Crippen molar-refractivity contribution in [2.75, 3.05) is 12.4 Å². The highest BCUT2D eigenvalue weighted by Gasteiger charge is 2.67. The van der Waals surface area contributed by atoms with E-state index < -0.39 is 6.04 Å². The zero-order valence-corrected chi connectivity index (χ0v) is 22.1. The molecule has 8 rings (SSSR count). The van der Waals surface area contributed by atoms with Gasteiger partial charge in [-0.15, -0.1) is 0 Å². The minimum Gasteiger partial charge on any atom is -0.497 e. The molecule has 7 atom stereocenters. The first kappa shape index (κ1) is 24.6. The molecule has 7 heteroatoms. The van der Waals surface area contributed by atoms with Crippen LogP contribution in [0.3, 0.4) is 0 Å². The van der Waals surface area contributed by atoms with Crippen molar-refractivity contribution in [2.24, 2.45) is 35.5 Å². The fraction of sp³-hybridized carbons (Fsp3) is 0.303. The highest BCUT2D eigenvalue weighted by atomic mass is 16.5. The van der Waals surface area contributed by atoms with E-state index in [1.54, 1.807) is 31.4 Å². The summed E-state index contributed by atoms with van der Waals surface area (Å²) in [6.07, 6.45) is 5.66. The van der Waals surface area contributed by atoms with Gasteiger partial charge in [-0.2, -0.15) is 0 Å². The summed E-state index contributed by atoms with van der Waals surface area (Å²) in [5.41, 5.74) is 1.45. The molecule has 2 saturated carbocycles. The summed E-state index contributed by atoms with van der Waals surface area (Å²) in [4.78, 5) is 42.7. The smallest absolute Gasteiger partial charge is 0.248 e. The van der Waals surface area contributed by atoms with E-state index >= 15 is 0 Å². The zero-order valence-electron chi connectivity index (χ0n) is 22.1. The Morgan fingerprint density at radius 1 is 0.825 bits per heavy atom. The fourth-order valence-corrected chi connectivity index (χ4v) is 7.04. The van der Waals surface area contributed by atoms with Crippen LogP contribution in [0.4, 0.5) is 5.69 Å². The van der Waals surface area contributed by atoms with E-state index in [1.165, 1.54) is 4.90 Å². The number of hydrogen-bond donors (Lipinski definition) is 1. The molecular weight excluding hydrogens is 504 g/mol. The molecule has 0 spiro atoms. The molecule has 40 heavy (non-hydrogen) atoms. The highest BCUT2D eigenvalue weighted by Crippen LogP contribution is 2.65. The predicted octanol–water partition coefficient (Wildman–Crippen LogP) is 5.09. The van der Waals surface area contributed by atoms with E-state index in [0.717, 1.165) is 17.7 Å². The molecule has 1 heterocycles. The van der Waals surface area contributed by atoms with Gasteiger partial charge in [-0.25, -0.2) is 0 Å². The Balaban J connectivity index is 1.11. The number of allylic oxidation sites excluding steroid dienone is 2. The Morgan fingerprint density at radius 3 is 1.95 bits per heavy atom. The van der Waals surface area contributed by atoms with Gasteiger partial charge in [0.25, 0.3) is 0 Å². The quantitative estimate of drug-likeness (QED) is 0.322. The third-order valence-electron chi connectivity index (χ3n) is 9.00. The number of benzene rings is 3. The molecule has 0 unspecified atom stereocenters. The summed E-state index contributed by atoms with van der Waals surface area (Å²) in [6, 6.07) is 22.9. The largest absolute Gasteiger partial charge is 0.497 e. The molecule has 5 aliphatic rings. The number of carbonyl (C=O) groups excluding carboxylic acids is 3. The molecule has 202 valence electrons. The maximum Gasteiger partial charge on any atom is 0.248 e. The topological polar surface area (TPSA) is 84.9 Å². The molecule has 3 amide bonds. The molecule has 4 aliphatic carbocycles. The fourth-order valence-electron chi connectivity index (χ4n) is 7.04. The van der Waals surface area contributed by atoms with E-state index in [-0.39, 0.29) is 47.8 Å². The summed E-state index contributed by atoms with van der Waals surface area (Å²) >= 11 is 0. The molecule has 3 fully saturated rings. The summed E-state index contributed by atoms with van der Waals surface area (Å²) in [5.74, 6) is 1.80. The number of nitrogens with one attached hydrogen (secondary N) is 1. The van der Waals surface area contributed by atoms with Gasteiger partial charge in [0, 0.05) is 12.1 Å². The van der Waals surface area contributed by atoms with Crippen molar-refractivity contribution in [1.29, 1.82) is 0 Å². The van der Waals surface area contributed by atoms with Crippen molar-refractivity contribution < 1.29 is 23.9 Å². The normalized spacial score (nSPS) is 28.1. The van der Waals surface area contributed by atoms with Crippen molar-refractivity contribution in [3.63, 3.8) is 0 Å². The van der Waals surface area contributed by atoms with E-state index in [0.29, 0.717) is 29.0 Å². The van der Waals surface area contributed by atoms with Gasteiger partial charge in [0.2, 0.25) is 17.7 Å². The lowest BCUT2D eigenvalue weighted by molar-refractivity contribution is -0.146. The van der Waals surface area contributed by atoms with Gasteiger partial charge in [-0.05, 0) is 84.2 Å². The van der Waals surface area contributed by atoms with Gasteiger partial charge >= 0.3 is 0 Å². The minimum atomic E-state index is -0.932. The van der Waals surface area contributed by atoms with E-state index in [4.69, 9.17) is 9.47 Å². The maximum atomic E-state index is 13.8. The highest BCUT2D eigenvalue weighted by molar-refractivity contribution is 6.10. The van der Waals surface area contributed by atoms with Gasteiger partial charge in [0.05, 0.1) is 18.9 Å². The molecule has 1 saturated heterocycles. The molecule has 3 aromatic rings. The standard InChI is InChI=1S/C33H30N2O5/c1-39-21-11-13-23(14-12-21)40-22-9-7-20(8-10-22)34-31(36)28(17-19-5-3-2-4-6-19)35-32(37)29-24-15-16-25(27-18-26(24)27)30(29)33(35)38/h2-16,24-30H,17-18H2,1H3,(H,34,36)/t24-,25-,26-,27+,28-,29+,30+/m1/s1. The number of amides is 3. The summed E-state index contributed by atoms with van der Waals surface area (Å²) in [6.45, 7) is 0. The number of methoxy groups -OCH3 is 1. The molecule has 1 aliphatic heterocycles. The number of anilines is 1. The average Bonchev–Trinajstić information content (AvgIpc) is 3.77. The molecule has 3 aromatic carbocycles. The number of carbonyl (C=O) groups is 3. The summed E-state index contributed by atoms with van der Waals surface area (Å²) in [5, 5.41) is 2.95. The van der Waals surface area contributed by atoms with Crippen molar-refractivity contribution in [1.82, 2.24) is 4.90 Å². The van der Waals surface area contributed by atoms with Crippen molar-refractivity contribution in [3.8, 4) is 17.2 Å². The number of likely N-dealkylation sites (tertiary alicyclic amines) is 1. The molecule has 0 aromatic heterocycles. The van der Waals surface area contributed by atoms with Crippen LogP contribution in [0, 0.1) is 35.5 Å². The van der Waals surface area contributed by atoms with Crippen molar-refractivity contribution in [2.45, 2.75) is 18.9 Å².